The molecule has 0 amide bonds. The van der Waals surface area contributed by atoms with Crippen LogP contribution in [0.4, 0.5) is 0 Å². The lowest BCUT2D eigenvalue weighted by atomic mass is 9.78. The van der Waals surface area contributed by atoms with Crippen molar-refractivity contribution in [2.45, 2.75) is 86.5 Å². The van der Waals surface area contributed by atoms with Crippen molar-refractivity contribution in [1.82, 2.24) is 0 Å². The van der Waals surface area contributed by atoms with Crippen LogP contribution in [-0.2, 0) is 6.42 Å². The molecule has 0 bridgehead atoms. The van der Waals surface area contributed by atoms with E-state index >= 15 is 0 Å². The molecule has 0 heterocycles. The minimum Gasteiger partial charge on any atom is -0.0939 e. The maximum absolute atomic E-state index is 3.60. The highest BCUT2D eigenvalue weighted by Gasteiger charge is 2.21. The van der Waals surface area contributed by atoms with E-state index in [1.807, 2.05) is 0 Å². The van der Waals surface area contributed by atoms with Crippen LogP contribution in [0.1, 0.15) is 96.8 Å². The quantitative estimate of drug-likeness (QED) is 0.498. The Balaban J connectivity index is 3.19. The van der Waals surface area contributed by atoms with Crippen molar-refractivity contribution in [2.75, 3.05) is 0 Å². The van der Waals surface area contributed by atoms with Crippen LogP contribution in [0.5, 0.6) is 0 Å². The molecule has 0 nitrogen and oxygen atoms in total. The Kier molecular flexibility index (Phi) is 7.90. The molecule has 0 aliphatic heterocycles. The van der Waals surface area contributed by atoms with Crippen molar-refractivity contribution in [2.24, 2.45) is 11.3 Å². The van der Waals surface area contributed by atoms with Gasteiger partial charge in [0.25, 0.3) is 0 Å². The molecule has 0 saturated heterocycles. The highest BCUT2D eigenvalue weighted by molar-refractivity contribution is 5.45. The van der Waals surface area contributed by atoms with Crippen LogP contribution in [0.3, 0.4) is 0 Å². The second-order valence-corrected chi connectivity index (χ2v) is 7.96. The Bertz CT molecular complexity index is 533. The van der Waals surface area contributed by atoms with Crippen LogP contribution in [-0.4, -0.2) is 0 Å². The zero-order valence-electron chi connectivity index (χ0n) is 16.4. The predicted molar refractivity (Wildman–Crippen MR) is 104 cm³/mol. The summed E-state index contributed by atoms with van der Waals surface area (Å²) in [5.74, 6) is 8.18. The van der Waals surface area contributed by atoms with Crippen molar-refractivity contribution in [3.8, 4) is 11.8 Å². The first-order chi connectivity index (χ1) is 10.8. The second kappa shape index (κ2) is 9.17. The van der Waals surface area contributed by atoms with Crippen LogP contribution < -0.4 is 0 Å². The van der Waals surface area contributed by atoms with Gasteiger partial charge in [0.15, 0.2) is 0 Å². The molecule has 0 aromatic heterocycles. The molecular weight excluding hydrogens is 276 g/mol. The third-order valence-corrected chi connectivity index (χ3v) is 4.80. The zero-order chi connectivity index (χ0) is 17.5. The molecule has 2 atom stereocenters. The van der Waals surface area contributed by atoms with E-state index in [2.05, 4.69) is 78.5 Å². The topological polar surface area (TPSA) is 0 Å². The minimum absolute atomic E-state index is 0.252. The highest BCUT2D eigenvalue weighted by Crippen LogP contribution is 2.30. The largest absolute Gasteiger partial charge is 0.0939 e. The molecule has 0 aliphatic carbocycles. The molecule has 0 saturated carbocycles. The minimum atomic E-state index is 0.252. The molecule has 0 heteroatoms. The number of hydrogen-bond donors (Lipinski definition) is 0. The van der Waals surface area contributed by atoms with Gasteiger partial charge in [0.2, 0.25) is 0 Å². The monoisotopic (exact) mass is 312 g/mol. The fourth-order valence-electron chi connectivity index (χ4n) is 2.97. The third kappa shape index (κ3) is 6.06. The van der Waals surface area contributed by atoms with Gasteiger partial charge < -0.3 is 0 Å². The summed E-state index contributed by atoms with van der Waals surface area (Å²) in [7, 11) is 0. The Labute approximate surface area is 145 Å². The van der Waals surface area contributed by atoms with E-state index in [4.69, 9.17) is 0 Å². The summed E-state index contributed by atoms with van der Waals surface area (Å²) in [6, 6.07) is 6.92. The van der Waals surface area contributed by atoms with Gasteiger partial charge in [-0.25, -0.2) is 0 Å². The van der Waals surface area contributed by atoms with Gasteiger partial charge in [-0.15, -0.1) is 0 Å². The summed E-state index contributed by atoms with van der Waals surface area (Å²) < 4.78 is 0. The first-order valence-corrected chi connectivity index (χ1v) is 9.47. The molecule has 2 unspecified atom stereocenters. The molecule has 128 valence electrons. The standard InChI is InChI=1S/C23H36/c1-8-11-19-13-14-20(22(17-19)18(4)10-3)15-16-21(12-9-2)23(5,6)7/h13-14,17-18,21H,8-12H2,1-7H3. The predicted octanol–water partition coefficient (Wildman–Crippen LogP) is 6.97. The molecule has 0 aliphatic rings. The summed E-state index contributed by atoms with van der Waals surface area (Å²) in [4.78, 5) is 0. The smallest absolute Gasteiger partial charge is 0.0280 e. The van der Waals surface area contributed by atoms with Crippen molar-refractivity contribution >= 4 is 0 Å². The van der Waals surface area contributed by atoms with Gasteiger partial charge in [0.1, 0.15) is 0 Å². The summed E-state index contributed by atoms with van der Waals surface area (Å²) >= 11 is 0. The lowest BCUT2D eigenvalue weighted by Crippen LogP contribution is -2.18. The Hall–Kier alpha value is -1.22. The molecule has 0 N–H and O–H groups in total. The number of benzene rings is 1. The third-order valence-electron chi connectivity index (χ3n) is 4.80. The normalized spacial score (nSPS) is 14.0. The Morgan fingerprint density at radius 1 is 1.04 bits per heavy atom. The summed E-state index contributed by atoms with van der Waals surface area (Å²) in [5, 5.41) is 0. The van der Waals surface area contributed by atoms with Crippen LogP contribution in [0, 0.1) is 23.2 Å². The molecule has 1 aromatic carbocycles. The fraction of sp³-hybridized carbons (Fsp3) is 0.652. The summed E-state index contributed by atoms with van der Waals surface area (Å²) in [6.07, 6.45) is 5.92. The first kappa shape index (κ1) is 19.8. The molecule has 0 radical (unpaired) electrons. The molecule has 1 aromatic rings. The van der Waals surface area contributed by atoms with Gasteiger partial charge in [0.05, 0.1) is 0 Å². The maximum atomic E-state index is 3.60. The fourth-order valence-corrected chi connectivity index (χ4v) is 2.97. The number of rotatable bonds is 6. The van der Waals surface area contributed by atoms with Crippen molar-refractivity contribution in [3.05, 3.63) is 34.9 Å². The van der Waals surface area contributed by atoms with Gasteiger partial charge >= 0.3 is 0 Å². The Morgan fingerprint density at radius 3 is 2.26 bits per heavy atom. The van der Waals surface area contributed by atoms with E-state index < -0.39 is 0 Å². The van der Waals surface area contributed by atoms with Gasteiger partial charge in [-0.2, -0.15) is 0 Å². The van der Waals surface area contributed by atoms with Crippen molar-refractivity contribution < 1.29 is 0 Å². The van der Waals surface area contributed by atoms with E-state index in [1.54, 1.807) is 0 Å². The van der Waals surface area contributed by atoms with E-state index in [0.29, 0.717) is 11.8 Å². The second-order valence-electron chi connectivity index (χ2n) is 7.96. The van der Waals surface area contributed by atoms with Gasteiger partial charge in [0, 0.05) is 11.5 Å². The van der Waals surface area contributed by atoms with Gasteiger partial charge in [-0.05, 0) is 47.8 Å². The average molecular weight is 313 g/mol. The summed E-state index contributed by atoms with van der Waals surface area (Å²) in [6.45, 7) is 16.0. The van der Waals surface area contributed by atoms with Crippen molar-refractivity contribution in [1.29, 1.82) is 0 Å². The first-order valence-electron chi connectivity index (χ1n) is 9.47. The lowest BCUT2D eigenvalue weighted by molar-refractivity contribution is 0.286. The molecular formula is C23H36. The number of aryl methyl sites for hydroxylation is 1. The molecule has 23 heavy (non-hydrogen) atoms. The van der Waals surface area contributed by atoms with E-state index in [0.717, 1.165) is 6.42 Å². The van der Waals surface area contributed by atoms with E-state index in [1.165, 1.54) is 42.4 Å². The SMILES string of the molecule is CCCc1ccc(C#CC(CCC)C(C)(C)C)c(C(C)CC)c1. The van der Waals surface area contributed by atoms with Crippen molar-refractivity contribution in [3.63, 3.8) is 0 Å². The molecule has 0 fully saturated rings. The van der Waals surface area contributed by atoms with Crippen LogP contribution >= 0.6 is 0 Å². The number of hydrogen-bond acceptors (Lipinski definition) is 0. The highest BCUT2D eigenvalue weighted by atomic mass is 14.2. The van der Waals surface area contributed by atoms with Crippen LogP contribution in [0.25, 0.3) is 0 Å². The van der Waals surface area contributed by atoms with Crippen LogP contribution in [0.2, 0.25) is 0 Å². The average Bonchev–Trinajstić information content (AvgIpc) is 2.50. The van der Waals surface area contributed by atoms with E-state index in [9.17, 15) is 0 Å². The zero-order valence-corrected chi connectivity index (χ0v) is 16.4. The Morgan fingerprint density at radius 2 is 1.74 bits per heavy atom. The van der Waals surface area contributed by atoms with E-state index in [-0.39, 0.29) is 5.41 Å². The van der Waals surface area contributed by atoms with Crippen LogP contribution in [0.15, 0.2) is 18.2 Å². The summed E-state index contributed by atoms with van der Waals surface area (Å²) in [5.41, 5.74) is 4.38. The lowest BCUT2D eigenvalue weighted by Gasteiger charge is -2.26. The maximum Gasteiger partial charge on any atom is 0.0280 e. The van der Waals surface area contributed by atoms with Gasteiger partial charge in [-0.1, -0.05) is 85.3 Å². The molecule has 0 spiro atoms. The van der Waals surface area contributed by atoms with Gasteiger partial charge in [-0.3, -0.25) is 0 Å². The molecule has 1 rings (SSSR count).